The van der Waals surface area contributed by atoms with Crippen molar-refractivity contribution in [3.05, 3.63) is 36.1 Å². The number of fused-ring (bicyclic) bond motifs is 1. The molecule has 1 aliphatic heterocycles. The van der Waals surface area contributed by atoms with Gasteiger partial charge in [0.2, 0.25) is 0 Å². The van der Waals surface area contributed by atoms with Gasteiger partial charge in [0.15, 0.2) is 0 Å². The summed E-state index contributed by atoms with van der Waals surface area (Å²) in [6.45, 7) is 6.26. The van der Waals surface area contributed by atoms with Crippen molar-refractivity contribution in [3.8, 4) is 0 Å². The molecule has 0 radical (unpaired) electrons. The molecule has 1 aromatic carbocycles. The molecule has 2 atom stereocenters. The van der Waals surface area contributed by atoms with Crippen molar-refractivity contribution in [1.29, 1.82) is 0 Å². The van der Waals surface area contributed by atoms with Crippen molar-refractivity contribution in [1.82, 2.24) is 15.5 Å². The molecule has 0 spiro atoms. The number of urea groups is 1. The average Bonchev–Trinajstić information content (AvgIpc) is 3.13. The third kappa shape index (κ3) is 3.09. The second-order valence-electron chi connectivity index (χ2n) is 5.84. The highest BCUT2D eigenvalue weighted by atomic mass is 16.3. The van der Waals surface area contributed by atoms with E-state index >= 15 is 0 Å². The number of carbonyl (C=O) groups excluding carboxylic acids is 1. The summed E-state index contributed by atoms with van der Waals surface area (Å²) in [4.78, 5) is 13.7. The fourth-order valence-electron chi connectivity index (χ4n) is 3.00. The summed E-state index contributed by atoms with van der Waals surface area (Å²) in [7, 11) is 0. The van der Waals surface area contributed by atoms with Crippen LogP contribution in [0.2, 0.25) is 0 Å². The number of hydrogen-bond donors (Lipinski definition) is 2. The summed E-state index contributed by atoms with van der Waals surface area (Å²) in [5, 5.41) is 7.55. The Morgan fingerprint density at radius 2 is 2.27 bits per heavy atom. The van der Waals surface area contributed by atoms with Crippen molar-refractivity contribution in [3.63, 3.8) is 0 Å². The Morgan fingerprint density at radius 1 is 1.45 bits per heavy atom. The maximum atomic E-state index is 11.8. The number of para-hydroxylation sites is 1. The number of amides is 2. The fourth-order valence-corrected chi connectivity index (χ4v) is 3.00. The smallest absolute Gasteiger partial charge is 0.317 e. The van der Waals surface area contributed by atoms with Crippen LogP contribution >= 0.6 is 0 Å². The Hall–Kier alpha value is -2.01. The van der Waals surface area contributed by atoms with Crippen LogP contribution in [0.3, 0.4) is 0 Å². The van der Waals surface area contributed by atoms with Crippen LogP contribution in [0.5, 0.6) is 0 Å². The third-order valence-electron chi connectivity index (χ3n) is 4.16. The first-order valence-electron chi connectivity index (χ1n) is 7.94. The molecule has 1 saturated heterocycles. The lowest BCUT2D eigenvalue weighted by molar-refractivity contribution is 0.208. The van der Waals surface area contributed by atoms with Gasteiger partial charge in [-0.15, -0.1) is 0 Å². The number of furan rings is 1. The van der Waals surface area contributed by atoms with E-state index in [1.54, 1.807) is 0 Å². The summed E-state index contributed by atoms with van der Waals surface area (Å²) in [6.07, 6.45) is 0.974. The number of likely N-dealkylation sites (tertiary alicyclic amines) is 1. The second kappa shape index (κ2) is 6.40. The molecule has 0 bridgehead atoms. The van der Waals surface area contributed by atoms with Crippen LogP contribution in [0.4, 0.5) is 4.79 Å². The van der Waals surface area contributed by atoms with E-state index in [-0.39, 0.29) is 12.1 Å². The van der Waals surface area contributed by atoms with Crippen LogP contribution in [0.1, 0.15) is 32.1 Å². The Bertz CT molecular complexity index is 619. The lowest BCUT2D eigenvalue weighted by Crippen LogP contribution is -2.41. The van der Waals surface area contributed by atoms with E-state index in [0.29, 0.717) is 12.6 Å². The highest BCUT2D eigenvalue weighted by Crippen LogP contribution is 2.24. The van der Waals surface area contributed by atoms with Gasteiger partial charge in [-0.05, 0) is 32.4 Å². The zero-order valence-corrected chi connectivity index (χ0v) is 13.1. The SMILES string of the molecule is CCNC(=O)N1CC[C@@H](N[C@H](C)c2cc3ccccc3o2)C1. The monoisotopic (exact) mass is 301 g/mol. The number of hydrogen-bond acceptors (Lipinski definition) is 3. The van der Waals surface area contributed by atoms with Crippen LogP contribution in [0.15, 0.2) is 34.7 Å². The summed E-state index contributed by atoms with van der Waals surface area (Å²) < 4.78 is 5.90. The molecule has 5 heteroatoms. The largest absolute Gasteiger partial charge is 0.459 e. The predicted octanol–water partition coefficient (Wildman–Crippen LogP) is 2.89. The number of carbonyl (C=O) groups is 1. The number of nitrogens with one attached hydrogen (secondary N) is 2. The van der Waals surface area contributed by atoms with Gasteiger partial charge in [0.1, 0.15) is 11.3 Å². The van der Waals surface area contributed by atoms with Crippen molar-refractivity contribution in [2.45, 2.75) is 32.4 Å². The minimum atomic E-state index is 0.0307. The number of rotatable bonds is 4. The molecule has 1 aliphatic rings. The first-order valence-corrected chi connectivity index (χ1v) is 7.94. The number of nitrogens with zero attached hydrogens (tertiary/aromatic N) is 1. The zero-order chi connectivity index (χ0) is 15.5. The summed E-state index contributed by atoms with van der Waals surface area (Å²) in [6, 6.07) is 10.6. The molecule has 22 heavy (non-hydrogen) atoms. The zero-order valence-electron chi connectivity index (χ0n) is 13.1. The van der Waals surface area contributed by atoms with E-state index in [1.165, 1.54) is 0 Å². The quantitative estimate of drug-likeness (QED) is 0.913. The topological polar surface area (TPSA) is 57.5 Å². The van der Waals surface area contributed by atoms with E-state index < -0.39 is 0 Å². The van der Waals surface area contributed by atoms with Crippen LogP contribution in [-0.4, -0.2) is 36.6 Å². The predicted molar refractivity (Wildman–Crippen MR) is 86.8 cm³/mol. The van der Waals surface area contributed by atoms with Crippen LogP contribution < -0.4 is 10.6 Å². The van der Waals surface area contributed by atoms with Crippen molar-refractivity contribution in [2.75, 3.05) is 19.6 Å². The Kier molecular flexibility index (Phi) is 4.34. The normalized spacial score (nSPS) is 19.5. The molecule has 0 aliphatic carbocycles. The standard InChI is InChI=1S/C17H23N3O2/c1-3-18-17(21)20-9-8-14(11-20)19-12(2)16-10-13-6-4-5-7-15(13)22-16/h4-7,10,12,14,19H,3,8-9,11H2,1-2H3,(H,18,21)/t12-,14-/m1/s1. The second-order valence-corrected chi connectivity index (χ2v) is 5.84. The van der Waals surface area contributed by atoms with Gasteiger partial charge in [-0.2, -0.15) is 0 Å². The van der Waals surface area contributed by atoms with Gasteiger partial charge in [0.05, 0.1) is 6.04 Å². The van der Waals surface area contributed by atoms with Gasteiger partial charge in [-0.1, -0.05) is 18.2 Å². The number of benzene rings is 1. The molecular weight excluding hydrogens is 278 g/mol. The molecule has 2 heterocycles. The first kappa shape index (κ1) is 14.9. The Morgan fingerprint density at radius 3 is 3.05 bits per heavy atom. The van der Waals surface area contributed by atoms with Crippen molar-refractivity contribution >= 4 is 17.0 Å². The molecule has 1 aromatic heterocycles. The maximum absolute atomic E-state index is 11.8. The summed E-state index contributed by atoms with van der Waals surface area (Å²) in [5.41, 5.74) is 0.918. The van der Waals surface area contributed by atoms with E-state index in [1.807, 2.05) is 30.0 Å². The highest BCUT2D eigenvalue weighted by Gasteiger charge is 2.27. The maximum Gasteiger partial charge on any atom is 0.317 e. The molecule has 2 amide bonds. The molecule has 0 saturated carbocycles. The van der Waals surface area contributed by atoms with Gasteiger partial charge < -0.3 is 20.0 Å². The third-order valence-corrected chi connectivity index (χ3v) is 4.16. The van der Waals surface area contributed by atoms with E-state index in [4.69, 9.17) is 4.42 Å². The van der Waals surface area contributed by atoms with Gasteiger partial charge in [0.25, 0.3) is 0 Å². The minimum absolute atomic E-state index is 0.0307. The van der Waals surface area contributed by atoms with Crippen molar-refractivity contribution < 1.29 is 9.21 Å². The highest BCUT2D eigenvalue weighted by molar-refractivity contribution is 5.77. The molecular formula is C17H23N3O2. The Labute approximate surface area is 130 Å². The minimum Gasteiger partial charge on any atom is -0.459 e. The molecule has 1 fully saturated rings. The lowest BCUT2D eigenvalue weighted by atomic mass is 10.2. The molecule has 2 aromatic rings. The molecule has 5 nitrogen and oxygen atoms in total. The van der Waals surface area contributed by atoms with Gasteiger partial charge in [-0.25, -0.2) is 4.79 Å². The van der Waals surface area contributed by atoms with E-state index in [0.717, 1.165) is 36.2 Å². The van der Waals surface area contributed by atoms with Gasteiger partial charge in [0, 0.05) is 31.1 Å². The van der Waals surface area contributed by atoms with E-state index in [9.17, 15) is 4.79 Å². The van der Waals surface area contributed by atoms with E-state index in [2.05, 4.69) is 29.7 Å². The van der Waals surface area contributed by atoms with Crippen LogP contribution in [-0.2, 0) is 0 Å². The summed E-state index contributed by atoms with van der Waals surface area (Å²) in [5.74, 6) is 0.942. The fraction of sp³-hybridized carbons (Fsp3) is 0.471. The average molecular weight is 301 g/mol. The van der Waals surface area contributed by atoms with Gasteiger partial charge in [-0.3, -0.25) is 0 Å². The molecule has 0 unspecified atom stereocenters. The molecule has 2 N–H and O–H groups in total. The van der Waals surface area contributed by atoms with Gasteiger partial charge >= 0.3 is 6.03 Å². The first-order chi connectivity index (χ1) is 10.7. The Balaban J connectivity index is 1.60. The molecule has 118 valence electrons. The molecule has 3 rings (SSSR count). The van der Waals surface area contributed by atoms with Crippen LogP contribution in [0.25, 0.3) is 11.0 Å². The van der Waals surface area contributed by atoms with Crippen molar-refractivity contribution in [2.24, 2.45) is 0 Å². The lowest BCUT2D eigenvalue weighted by Gasteiger charge is -2.19. The summed E-state index contributed by atoms with van der Waals surface area (Å²) >= 11 is 0. The van der Waals surface area contributed by atoms with Crippen LogP contribution in [0, 0.1) is 0 Å².